The Balaban J connectivity index is 2.03. The lowest BCUT2D eigenvalue weighted by molar-refractivity contribution is -0.126. The lowest BCUT2D eigenvalue weighted by Crippen LogP contribution is -2.48. The third-order valence-corrected chi connectivity index (χ3v) is 5.72. The first-order valence-electron chi connectivity index (χ1n) is 8.63. The summed E-state index contributed by atoms with van der Waals surface area (Å²) < 4.78 is 11.7. The van der Waals surface area contributed by atoms with Gasteiger partial charge in [-0.05, 0) is 35.0 Å². The van der Waals surface area contributed by atoms with E-state index in [9.17, 15) is 4.79 Å². The van der Waals surface area contributed by atoms with Crippen molar-refractivity contribution in [3.8, 4) is 11.5 Å². The normalized spacial score (nSPS) is 18.2. The zero-order chi connectivity index (χ0) is 19.6. The number of halogens is 1. The average molecular weight is 431 g/mol. The van der Waals surface area contributed by atoms with Crippen molar-refractivity contribution >= 4 is 27.5 Å². The first-order chi connectivity index (χ1) is 12.9. The number of methoxy groups -OCH3 is 2. The first kappa shape index (κ1) is 19.5. The summed E-state index contributed by atoms with van der Waals surface area (Å²) in [4.78, 5) is 15.1. The Hall–Kier alpha value is -2.31. The van der Waals surface area contributed by atoms with Crippen LogP contribution in [0.1, 0.15) is 18.1 Å². The van der Waals surface area contributed by atoms with E-state index >= 15 is 0 Å². The minimum atomic E-state index is -0.821. The highest BCUT2D eigenvalue weighted by atomic mass is 79.9. The zero-order valence-corrected chi connectivity index (χ0v) is 17.3. The lowest BCUT2D eigenvalue weighted by Gasteiger charge is -2.36. The van der Waals surface area contributed by atoms with Gasteiger partial charge >= 0.3 is 0 Å². The van der Waals surface area contributed by atoms with E-state index in [0.717, 1.165) is 32.8 Å². The fraction of sp³-hybridized carbons (Fsp3) is 0.286. The highest BCUT2D eigenvalue weighted by Gasteiger charge is 2.47. The number of ether oxygens (including phenoxy) is 2. The molecule has 5 nitrogen and oxygen atoms in total. The van der Waals surface area contributed by atoms with Crippen LogP contribution < -0.4 is 14.8 Å². The number of benzene rings is 2. The topological polar surface area (TPSA) is 50.8 Å². The first-order valence-corrected chi connectivity index (χ1v) is 9.42. The smallest absolute Gasteiger partial charge is 0.249 e. The summed E-state index contributed by atoms with van der Waals surface area (Å²) in [5.74, 6) is 1.39. The number of nitrogens with one attached hydrogen (secondary N) is 1. The van der Waals surface area contributed by atoms with E-state index < -0.39 is 5.54 Å². The fourth-order valence-corrected chi connectivity index (χ4v) is 3.94. The molecule has 0 spiro atoms. The maximum atomic E-state index is 13.0. The van der Waals surface area contributed by atoms with Crippen molar-refractivity contribution in [2.45, 2.75) is 19.0 Å². The molecule has 0 bridgehead atoms. The van der Waals surface area contributed by atoms with Gasteiger partial charge in [0, 0.05) is 34.8 Å². The third kappa shape index (κ3) is 3.35. The van der Waals surface area contributed by atoms with Crippen LogP contribution in [0.3, 0.4) is 0 Å². The van der Waals surface area contributed by atoms with Gasteiger partial charge in [0.25, 0.3) is 0 Å². The molecule has 1 heterocycles. The van der Waals surface area contributed by atoms with Gasteiger partial charge in [-0.2, -0.15) is 0 Å². The molecule has 1 atom stereocenters. The van der Waals surface area contributed by atoms with Crippen LogP contribution in [0.2, 0.25) is 0 Å². The Morgan fingerprint density at radius 1 is 1.26 bits per heavy atom. The lowest BCUT2D eigenvalue weighted by atomic mass is 9.90. The summed E-state index contributed by atoms with van der Waals surface area (Å²) in [7, 11) is 3.25. The van der Waals surface area contributed by atoms with E-state index in [1.807, 2.05) is 49.4 Å². The van der Waals surface area contributed by atoms with Crippen molar-refractivity contribution in [3.05, 3.63) is 64.7 Å². The number of carbonyl (C=O) groups excluding carboxylic acids is 1. The van der Waals surface area contributed by atoms with E-state index in [1.165, 1.54) is 0 Å². The molecule has 0 fully saturated rings. The van der Waals surface area contributed by atoms with Crippen LogP contribution in [0.4, 0.5) is 5.69 Å². The van der Waals surface area contributed by atoms with Gasteiger partial charge in [0.2, 0.25) is 5.91 Å². The standard InChI is InChI=1S/C21H23BrN2O3/c1-5-11-24(13-14-9-10-15(26-3)12-18(14)27-4)21(2)16-7-6-8-17(22)19(16)23-20(21)25/h5-10,12H,1,11,13H2,2-4H3,(H,23,25). The predicted molar refractivity (Wildman–Crippen MR) is 110 cm³/mol. The van der Waals surface area contributed by atoms with Gasteiger partial charge in [0.05, 0.1) is 19.9 Å². The molecule has 3 rings (SSSR count). The van der Waals surface area contributed by atoms with Gasteiger partial charge in [-0.1, -0.05) is 24.3 Å². The SMILES string of the molecule is C=CCN(Cc1ccc(OC)cc1OC)C1(C)C(=O)Nc2c(Br)cccc21. The molecule has 1 aliphatic rings. The molecule has 1 N–H and O–H groups in total. The molecular weight excluding hydrogens is 408 g/mol. The second-order valence-corrected chi connectivity index (χ2v) is 7.39. The maximum absolute atomic E-state index is 13.0. The summed E-state index contributed by atoms with van der Waals surface area (Å²) >= 11 is 3.53. The number of hydrogen-bond donors (Lipinski definition) is 1. The minimum absolute atomic E-state index is 0.0567. The molecule has 0 aliphatic carbocycles. The van der Waals surface area contributed by atoms with Gasteiger partial charge in [-0.25, -0.2) is 0 Å². The van der Waals surface area contributed by atoms with Crippen LogP contribution in [0.5, 0.6) is 11.5 Å². The van der Waals surface area contributed by atoms with Gasteiger partial charge in [0.1, 0.15) is 17.0 Å². The number of carbonyl (C=O) groups is 1. The number of amides is 1. The van der Waals surface area contributed by atoms with Crippen LogP contribution in [0, 0.1) is 0 Å². The molecule has 0 saturated carbocycles. The van der Waals surface area contributed by atoms with Crippen molar-refractivity contribution in [2.75, 3.05) is 26.1 Å². The molecule has 1 unspecified atom stereocenters. The molecule has 1 aliphatic heterocycles. The molecule has 1 amide bonds. The molecular formula is C21H23BrN2O3. The highest BCUT2D eigenvalue weighted by molar-refractivity contribution is 9.10. The number of rotatable bonds is 7. The molecule has 2 aromatic carbocycles. The second kappa shape index (κ2) is 7.74. The molecule has 6 heteroatoms. The van der Waals surface area contributed by atoms with Gasteiger partial charge < -0.3 is 14.8 Å². The zero-order valence-electron chi connectivity index (χ0n) is 15.7. The summed E-state index contributed by atoms with van der Waals surface area (Å²) in [5, 5.41) is 3.01. The number of fused-ring (bicyclic) bond motifs is 1. The highest BCUT2D eigenvalue weighted by Crippen LogP contribution is 2.44. The van der Waals surface area contributed by atoms with Crippen molar-refractivity contribution in [1.82, 2.24) is 4.90 Å². The Kier molecular flexibility index (Phi) is 5.58. The monoisotopic (exact) mass is 430 g/mol. The predicted octanol–water partition coefficient (Wildman–Crippen LogP) is 4.32. The number of hydrogen-bond acceptors (Lipinski definition) is 4. The van der Waals surface area contributed by atoms with E-state index in [0.29, 0.717) is 13.1 Å². The Morgan fingerprint density at radius 2 is 2.04 bits per heavy atom. The fourth-order valence-electron chi connectivity index (χ4n) is 3.48. The van der Waals surface area contributed by atoms with Gasteiger partial charge in [-0.3, -0.25) is 9.69 Å². The minimum Gasteiger partial charge on any atom is -0.497 e. The number of anilines is 1. The number of nitrogens with zero attached hydrogens (tertiary/aromatic N) is 1. The van der Waals surface area contributed by atoms with Gasteiger partial charge in [0.15, 0.2) is 0 Å². The van der Waals surface area contributed by atoms with Crippen molar-refractivity contribution in [2.24, 2.45) is 0 Å². The van der Waals surface area contributed by atoms with Crippen molar-refractivity contribution < 1.29 is 14.3 Å². The largest absolute Gasteiger partial charge is 0.497 e. The molecule has 0 saturated heterocycles. The molecule has 0 aromatic heterocycles. The third-order valence-electron chi connectivity index (χ3n) is 5.06. The maximum Gasteiger partial charge on any atom is 0.249 e. The summed E-state index contributed by atoms with van der Waals surface area (Å²) in [5.41, 5.74) is 1.91. The van der Waals surface area contributed by atoms with E-state index in [2.05, 4.69) is 32.7 Å². The van der Waals surface area contributed by atoms with Crippen LogP contribution in [-0.2, 0) is 16.9 Å². The van der Waals surface area contributed by atoms with E-state index in [-0.39, 0.29) is 5.91 Å². The number of para-hydroxylation sites is 1. The summed E-state index contributed by atoms with van der Waals surface area (Å²) in [6.45, 7) is 6.89. The second-order valence-electron chi connectivity index (χ2n) is 6.54. The van der Waals surface area contributed by atoms with Crippen LogP contribution >= 0.6 is 15.9 Å². The molecule has 0 radical (unpaired) electrons. The Bertz CT molecular complexity index is 884. The van der Waals surface area contributed by atoms with Crippen LogP contribution in [-0.4, -0.2) is 31.6 Å². The Labute approximate surface area is 168 Å². The van der Waals surface area contributed by atoms with Crippen LogP contribution in [0.25, 0.3) is 0 Å². The Morgan fingerprint density at radius 3 is 2.70 bits per heavy atom. The quantitative estimate of drug-likeness (QED) is 0.664. The summed E-state index contributed by atoms with van der Waals surface area (Å²) in [6, 6.07) is 11.6. The molecule has 27 heavy (non-hydrogen) atoms. The van der Waals surface area contributed by atoms with Gasteiger partial charge in [-0.15, -0.1) is 6.58 Å². The van der Waals surface area contributed by atoms with E-state index in [4.69, 9.17) is 9.47 Å². The van der Waals surface area contributed by atoms with Crippen molar-refractivity contribution in [3.63, 3.8) is 0 Å². The molecule has 2 aromatic rings. The molecule has 142 valence electrons. The average Bonchev–Trinajstić information content (AvgIpc) is 2.94. The van der Waals surface area contributed by atoms with E-state index in [1.54, 1.807) is 14.2 Å². The van der Waals surface area contributed by atoms with Crippen molar-refractivity contribution in [1.29, 1.82) is 0 Å². The summed E-state index contributed by atoms with van der Waals surface area (Å²) in [6.07, 6.45) is 1.81. The van der Waals surface area contributed by atoms with Crippen LogP contribution in [0.15, 0.2) is 53.5 Å².